The average Bonchev–Trinajstić information content (AvgIpc) is 3.30. The largest absolute Gasteiger partial charge is 0.491 e. The van der Waals surface area contributed by atoms with E-state index >= 15 is 4.39 Å². The van der Waals surface area contributed by atoms with Gasteiger partial charge in [-0.3, -0.25) is 15.0 Å². The van der Waals surface area contributed by atoms with Crippen molar-refractivity contribution in [2.24, 2.45) is 0 Å². The van der Waals surface area contributed by atoms with Crippen molar-refractivity contribution in [3.05, 3.63) is 60.0 Å². The van der Waals surface area contributed by atoms with Gasteiger partial charge in [0.25, 0.3) is 0 Å². The van der Waals surface area contributed by atoms with Crippen LogP contribution in [0.3, 0.4) is 0 Å². The highest BCUT2D eigenvalue weighted by molar-refractivity contribution is 5.95. The maximum absolute atomic E-state index is 15.0. The van der Waals surface area contributed by atoms with Crippen LogP contribution in [0.5, 0.6) is 5.75 Å². The van der Waals surface area contributed by atoms with Gasteiger partial charge in [-0.1, -0.05) is 18.2 Å². The minimum Gasteiger partial charge on any atom is -0.491 e. The van der Waals surface area contributed by atoms with Crippen molar-refractivity contribution in [3.63, 3.8) is 0 Å². The molecule has 0 unspecified atom stereocenters. The number of nitrogens with zero attached hydrogens (tertiary/aromatic N) is 4. The van der Waals surface area contributed by atoms with Gasteiger partial charge in [0.15, 0.2) is 0 Å². The molecule has 0 saturated carbocycles. The molecule has 192 valence electrons. The third kappa shape index (κ3) is 4.45. The van der Waals surface area contributed by atoms with Crippen molar-refractivity contribution in [2.45, 2.75) is 32.4 Å². The normalized spacial score (nSPS) is 18.2. The molecule has 1 N–H and O–H groups in total. The highest BCUT2D eigenvalue weighted by Crippen LogP contribution is 2.38. The van der Waals surface area contributed by atoms with E-state index in [0.717, 1.165) is 65.2 Å². The number of fused-ring (bicyclic) bond motifs is 6. The fourth-order valence-corrected chi connectivity index (χ4v) is 5.26. The first kappa shape index (κ1) is 23.9. The van der Waals surface area contributed by atoms with E-state index in [1.54, 1.807) is 12.3 Å². The van der Waals surface area contributed by atoms with E-state index in [2.05, 4.69) is 64.1 Å². The zero-order chi connectivity index (χ0) is 25.6. The van der Waals surface area contributed by atoms with Crippen molar-refractivity contribution >= 4 is 16.6 Å². The zero-order valence-electron chi connectivity index (χ0n) is 21.6. The molecule has 2 aliphatic rings. The fourth-order valence-electron chi connectivity index (χ4n) is 5.26. The second-order valence-electron chi connectivity index (χ2n) is 10.6. The van der Waals surface area contributed by atoms with E-state index in [9.17, 15) is 0 Å². The summed E-state index contributed by atoms with van der Waals surface area (Å²) < 4.78 is 27.3. The zero-order valence-corrected chi connectivity index (χ0v) is 21.6. The van der Waals surface area contributed by atoms with Crippen LogP contribution in [-0.4, -0.2) is 65.5 Å². The summed E-state index contributed by atoms with van der Waals surface area (Å²) in [6.07, 6.45) is 2.44. The molecule has 1 saturated heterocycles. The molecule has 8 heteroatoms. The number of rotatable bonds is 1. The number of ether oxygens (including phenoxy) is 2. The Morgan fingerprint density at radius 1 is 1.08 bits per heavy atom. The molecule has 7 nitrogen and oxygen atoms in total. The van der Waals surface area contributed by atoms with Crippen LogP contribution in [0.25, 0.3) is 33.4 Å². The van der Waals surface area contributed by atoms with Crippen LogP contribution in [0.1, 0.15) is 25.8 Å². The van der Waals surface area contributed by atoms with E-state index < -0.39 is 0 Å². The topological polar surface area (TPSA) is 66.5 Å². The second-order valence-corrected chi connectivity index (χ2v) is 10.6. The van der Waals surface area contributed by atoms with Crippen molar-refractivity contribution in [3.8, 4) is 28.3 Å². The molecule has 4 aromatic rings. The lowest BCUT2D eigenvalue weighted by Gasteiger charge is -2.46. The third-order valence-electron chi connectivity index (χ3n) is 7.64. The number of pyridine rings is 1. The van der Waals surface area contributed by atoms with Gasteiger partial charge in [0.2, 0.25) is 0 Å². The molecule has 2 aromatic carbocycles. The summed E-state index contributed by atoms with van der Waals surface area (Å²) in [5.74, 6) is 0.528. The number of likely N-dealkylation sites (N-methyl/N-ethyl adjacent to an activating group) is 1. The Labute approximate surface area is 216 Å². The molecule has 0 spiro atoms. The Morgan fingerprint density at radius 3 is 2.84 bits per heavy atom. The molecule has 2 aliphatic heterocycles. The van der Waals surface area contributed by atoms with Crippen molar-refractivity contribution in [2.75, 3.05) is 44.8 Å². The lowest BCUT2D eigenvalue weighted by Crippen LogP contribution is -2.57. The number of piperazine rings is 1. The van der Waals surface area contributed by atoms with Crippen LogP contribution in [0.2, 0.25) is 0 Å². The molecule has 1 fully saturated rings. The van der Waals surface area contributed by atoms with Crippen molar-refractivity contribution in [1.29, 1.82) is 0 Å². The Bertz CT molecular complexity index is 1450. The molecule has 0 amide bonds. The molecule has 4 bridgehead atoms. The number of hydrogen-bond donors (Lipinski definition) is 1. The van der Waals surface area contributed by atoms with Gasteiger partial charge < -0.3 is 14.4 Å². The van der Waals surface area contributed by atoms with Crippen molar-refractivity contribution < 1.29 is 13.9 Å². The summed E-state index contributed by atoms with van der Waals surface area (Å²) in [5, 5.41) is 8.59. The summed E-state index contributed by atoms with van der Waals surface area (Å²) in [4.78, 5) is 9.37. The number of nitrogens with one attached hydrogen (secondary N) is 1. The summed E-state index contributed by atoms with van der Waals surface area (Å²) in [6.45, 7) is 8.72. The van der Waals surface area contributed by atoms with E-state index in [4.69, 9.17) is 9.47 Å². The predicted octanol–water partition coefficient (Wildman–Crippen LogP) is 5.26. The maximum Gasteiger partial charge on any atom is 0.143 e. The van der Waals surface area contributed by atoms with Gasteiger partial charge in [0.05, 0.1) is 42.9 Å². The van der Waals surface area contributed by atoms with E-state index in [0.29, 0.717) is 31.1 Å². The van der Waals surface area contributed by atoms with Gasteiger partial charge in [-0.15, -0.1) is 0 Å². The van der Waals surface area contributed by atoms with Gasteiger partial charge >= 0.3 is 0 Å². The number of benzene rings is 2. The lowest BCUT2D eigenvalue weighted by molar-refractivity contribution is 0.107. The molecule has 2 aromatic heterocycles. The van der Waals surface area contributed by atoms with Gasteiger partial charge in [-0.05, 0) is 50.7 Å². The first-order valence-electron chi connectivity index (χ1n) is 12.8. The molecular formula is C29H32FN5O2. The fraction of sp³-hybridized carbons (Fsp3) is 0.379. The predicted molar refractivity (Wildman–Crippen MR) is 143 cm³/mol. The Hall–Kier alpha value is -3.49. The lowest BCUT2D eigenvalue weighted by atomic mass is 9.98. The third-order valence-corrected chi connectivity index (χ3v) is 7.64. The molecule has 4 heterocycles. The van der Waals surface area contributed by atoms with E-state index in [1.807, 2.05) is 12.1 Å². The molecule has 37 heavy (non-hydrogen) atoms. The molecule has 0 aliphatic carbocycles. The molecule has 6 rings (SSSR count). The number of aromatic amines is 1. The number of anilines is 1. The Balaban J connectivity index is 1.47. The minimum absolute atomic E-state index is 0.0589. The maximum atomic E-state index is 15.0. The quantitative estimate of drug-likeness (QED) is 0.384. The summed E-state index contributed by atoms with van der Waals surface area (Å²) in [6, 6.07) is 13.3. The summed E-state index contributed by atoms with van der Waals surface area (Å²) in [5.41, 5.74) is 5.48. The van der Waals surface area contributed by atoms with Gasteiger partial charge in [-0.2, -0.15) is 5.10 Å². The first-order valence-corrected chi connectivity index (χ1v) is 12.8. The molecular weight excluding hydrogens is 469 g/mol. The van der Waals surface area contributed by atoms with Crippen LogP contribution < -0.4 is 9.64 Å². The Morgan fingerprint density at radius 2 is 1.97 bits per heavy atom. The van der Waals surface area contributed by atoms with Crippen LogP contribution >= 0.6 is 0 Å². The first-order chi connectivity index (χ1) is 17.9. The second kappa shape index (κ2) is 9.43. The average molecular weight is 502 g/mol. The minimum atomic E-state index is -0.313. The van der Waals surface area contributed by atoms with Gasteiger partial charge in [0, 0.05) is 48.1 Å². The highest BCUT2D eigenvalue weighted by atomic mass is 19.1. The van der Waals surface area contributed by atoms with Crippen molar-refractivity contribution in [1.82, 2.24) is 20.1 Å². The van der Waals surface area contributed by atoms with Gasteiger partial charge in [0.1, 0.15) is 17.3 Å². The number of H-pyrrole nitrogens is 1. The smallest absolute Gasteiger partial charge is 0.143 e. The Kier molecular flexibility index (Phi) is 6.09. The van der Waals surface area contributed by atoms with Crippen LogP contribution in [0.4, 0.5) is 10.1 Å². The number of halogens is 1. The summed E-state index contributed by atoms with van der Waals surface area (Å²) >= 11 is 0. The van der Waals surface area contributed by atoms with Crippen LogP contribution in [0.15, 0.2) is 48.7 Å². The van der Waals surface area contributed by atoms with Crippen LogP contribution in [-0.2, 0) is 11.3 Å². The SMILES string of the molecule is CN1CCN(c2ccc3cc2OCCCOCc2cccc(F)c2-c2cc4c-3n[nH]c4cn2)CC1(C)C. The molecule has 0 atom stereocenters. The standard InChI is InChI=1S/C29H32FN5O2/c1-29(2)18-35(11-10-34(29)3)25-9-8-19-14-26(25)37-13-5-12-36-17-20-6-4-7-22(30)27(20)23-15-21-24(16-31-23)32-33-28(19)21/h4,6-9,14-16H,5,10-13,17-18H2,1-3H3,(H,32,33). The number of aromatic nitrogens is 3. The summed E-state index contributed by atoms with van der Waals surface area (Å²) in [7, 11) is 2.18. The highest BCUT2D eigenvalue weighted by Gasteiger charge is 2.32. The number of hydrogen-bond acceptors (Lipinski definition) is 6. The van der Waals surface area contributed by atoms with E-state index in [-0.39, 0.29) is 11.4 Å². The van der Waals surface area contributed by atoms with Gasteiger partial charge in [-0.25, -0.2) is 4.39 Å². The van der Waals surface area contributed by atoms with Crippen LogP contribution in [0, 0.1) is 5.82 Å². The molecule has 0 radical (unpaired) electrons. The van der Waals surface area contributed by atoms with E-state index in [1.165, 1.54) is 6.07 Å². The monoisotopic (exact) mass is 501 g/mol.